The Morgan fingerprint density at radius 3 is 2.91 bits per heavy atom. The molecule has 1 N–H and O–H groups in total. The highest BCUT2D eigenvalue weighted by molar-refractivity contribution is 5.28. The first kappa shape index (κ1) is 16.1. The number of furan rings is 1. The zero-order valence-electron chi connectivity index (χ0n) is 13.4. The van der Waals surface area contributed by atoms with Crippen molar-refractivity contribution in [1.82, 2.24) is 4.90 Å². The summed E-state index contributed by atoms with van der Waals surface area (Å²) < 4.78 is 16.7. The molecule has 1 aromatic carbocycles. The van der Waals surface area contributed by atoms with Gasteiger partial charge in [-0.2, -0.15) is 0 Å². The molecule has 0 saturated carbocycles. The maximum atomic E-state index is 9.07. The quantitative estimate of drug-likeness (QED) is 0.885. The molecule has 2 aromatic rings. The van der Waals surface area contributed by atoms with Crippen molar-refractivity contribution in [1.29, 1.82) is 0 Å². The van der Waals surface area contributed by atoms with E-state index in [-0.39, 0.29) is 12.7 Å². The monoisotopic (exact) mass is 317 g/mol. The van der Waals surface area contributed by atoms with Crippen LogP contribution in [0.4, 0.5) is 0 Å². The summed E-state index contributed by atoms with van der Waals surface area (Å²) in [5.41, 5.74) is 1.22. The summed E-state index contributed by atoms with van der Waals surface area (Å²) in [7, 11) is 1.68. The van der Waals surface area contributed by atoms with Gasteiger partial charge in [-0.3, -0.25) is 4.90 Å². The van der Waals surface area contributed by atoms with Gasteiger partial charge in [0.25, 0.3) is 0 Å². The molecule has 23 heavy (non-hydrogen) atoms. The fraction of sp³-hybridized carbons (Fsp3) is 0.444. The molecule has 1 fully saturated rings. The lowest BCUT2D eigenvalue weighted by atomic mass is 10.1. The Kier molecular flexibility index (Phi) is 5.33. The molecule has 1 aliphatic heterocycles. The Labute approximate surface area is 136 Å². The lowest BCUT2D eigenvalue weighted by molar-refractivity contribution is -0.0324. The zero-order chi connectivity index (χ0) is 16.1. The van der Waals surface area contributed by atoms with E-state index in [2.05, 4.69) is 17.0 Å². The van der Waals surface area contributed by atoms with Crippen molar-refractivity contribution in [2.24, 2.45) is 0 Å². The summed E-state index contributed by atoms with van der Waals surface area (Å²) in [6, 6.07) is 11.9. The normalized spacial score (nSPS) is 19.0. The third-order valence-corrected chi connectivity index (χ3v) is 4.07. The molecule has 3 rings (SSSR count). The Morgan fingerprint density at radius 1 is 1.26 bits per heavy atom. The molecule has 2 heterocycles. The van der Waals surface area contributed by atoms with Crippen LogP contribution in [0.1, 0.15) is 17.1 Å². The molecule has 0 unspecified atom stereocenters. The van der Waals surface area contributed by atoms with E-state index in [1.807, 2.05) is 24.3 Å². The number of methoxy groups -OCH3 is 1. The van der Waals surface area contributed by atoms with Crippen molar-refractivity contribution in [3.8, 4) is 5.75 Å². The van der Waals surface area contributed by atoms with Gasteiger partial charge in [-0.25, -0.2) is 0 Å². The number of aliphatic hydroxyl groups excluding tert-OH is 1. The van der Waals surface area contributed by atoms with E-state index in [0.717, 1.165) is 44.2 Å². The van der Waals surface area contributed by atoms with Crippen molar-refractivity contribution in [3.05, 3.63) is 53.5 Å². The maximum Gasteiger partial charge on any atom is 0.129 e. The van der Waals surface area contributed by atoms with Gasteiger partial charge in [0, 0.05) is 19.5 Å². The third kappa shape index (κ3) is 4.34. The maximum absolute atomic E-state index is 9.07. The largest absolute Gasteiger partial charge is 0.497 e. The van der Waals surface area contributed by atoms with Crippen molar-refractivity contribution in [3.63, 3.8) is 0 Å². The first-order valence-corrected chi connectivity index (χ1v) is 7.92. The van der Waals surface area contributed by atoms with Crippen LogP contribution < -0.4 is 4.74 Å². The molecule has 1 aliphatic rings. The Hall–Kier alpha value is -1.82. The van der Waals surface area contributed by atoms with E-state index in [9.17, 15) is 0 Å². The molecule has 0 bridgehead atoms. The van der Waals surface area contributed by atoms with Gasteiger partial charge in [-0.05, 0) is 29.8 Å². The van der Waals surface area contributed by atoms with Gasteiger partial charge >= 0.3 is 0 Å². The van der Waals surface area contributed by atoms with Crippen LogP contribution in [-0.4, -0.2) is 42.9 Å². The Balaban J connectivity index is 1.57. The first-order chi connectivity index (χ1) is 11.3. The smallest absolute Gasteiger partial charge is 0.129 e. The molecule has 0 amide bonds. The van der Waals surface area contributed by atoms with Crippen molar-refractivity contribution in [2.45, 2.75) is 25.7 Å². The van der Waals surface area contributed by atoms with Crippen LogP contribution >= 0.6 is 0 Å². The number of morpholine rings is 1. The molecule has 1 aromatic heterocycles. The standard InChI is InChI=1S/C18H23NO4/c1-21-15-4-2-3-14(9-15)10-18-12-19(7-8-22-18)11-16-5-6-17(13-20)23-16/h2-6,9,18,20H,7-8,10-13H2,1H3/t18-/m0/s1. The van der Waals surface area contributed by atoms with E-state index < -0.39 is 0 Å². The number of ether oxygens (including phenoxy) is 2. The van der Waals surface area contributed by atoms with E-state index in [1.54, 1.807) is 7.11 Å². The SMILES string of the molecule is COc1cccc(C[C@H]2CN(Cc3ccc(CO)o3)CCO2)c1. The predicted octanol–water partition coefficient (Wildman–Crippen LogP) is 2.22. The van der Waals surface area contributed by atoms with Gasteiger partial charge in [0.15, 0.2) is 0 Å². The topological polar surface area (TPSA) is 55.1 Å². The van der Waals surface area contributed by atoms with Crippen LogP contribution in [0.3, 0.4) is 0 Å². The highest BCUT2D eigenvalue weighted by Gasteiger charge is 2.21. The minimum Gasteiger partial charge on any atom is -0.497 e. The summed E-state index contributed by atoms with van der Waals surface area (Å²) in [6.07, 6.45) is 1.04. The average molecular weight is 317 g/mol. The highest BCUT2D eigenvalue weighted by atomic mass is 16.5. The number of rotatable bonds is 6. The average Bonchev–Trinajstić information content (AvgIpc) is 3.03. The number of hydrogen-bond acceptors (Lipinski definition) is 5. The van der Waals surface area contributed by atoms with Gasteiger partial charge in [0.2, 0.25) is 0 Å². The lowest BCUT2D eigenvalue weighted by Gasteiger charge is -2.32. The van der Waals surface area contributed by atoms with Gasteiger partial charge in [-0.1, -0.05) is 12.1 Å². The van der Waals surface area contributed by atoms with Crippen LogP contribution in [0.25, 0.3) is 0 Å². The molecule has 5 nitrogen and oxygen atoms in total. The second kappa shape index (κ2) is 7.64. The van der Waals surface area contributed by atoms with Crippen LogP contribution in [0, 0.1) is 0 Å². The van der Waals surface area contributed by atoms with E-state index in [4.69, 9.17) is 19.0 Å². The van der Waals surface area contributed by atoms with Crippen LogP contribution in [0.15, 0.2) is 40.8 Å². The van der Waals surface area contributed by atoms with Gasteiger partial charge in [-0.15, -0.1) is 0 Å². The lowest BCUT2D eigenvalue weighted by Crippen LogP contribution is -2.42. The predicted molar refractivity (Wildman–Crippen MR) is 86.3 cm³/mol. The van der Waals surface area contributed by atoms with Gasteiger partial charge in [0.05, 0.1) is 26.4 Å². The number of aliphatic hydroxyl groups is 1. The fourth-order valence-electron chi connectivity index (χ4n) is 2.92. The molecule has 0 spiro atoms. The molecular formula is C18H23NO4. The van der Waals surface area contributed by atoms with Gasteiger partial charge in [0.1, 0.15) is 23.9 Å². The number of nitrogens with zero attached hydrogens (tertiary/aromatic N) is 1. The van der Waals surface area contributed by atoms with Crippen LogP contribution in [-0.2, 0) is 24.3 Å². The summed E-state index contributed by atoms with van der Waals surface area (Å²) in [6.45, 7) is 3.18. The fourth-order valence-corrected chi connectivity index (χ4v) is 2.92. The molecule has 0 radical (unpaired) electrons. The molecule has 124 valence electrons. The third-order valence-electron chi connectivity index (χ3n) is 4.07. The molecule has 5 heteroatoms. The van der Waals surface area contributed by atoms with Gasteiger partial charge < -0.3 is 19.0 Å². The number of benzene rings is 1. The summed E-state index contributed by atoms with van der Waals surface area (Å²) >= 11 is 0. The summed E-state index contributed by atoms with van der Waals surface area (Å²) in [4.78, 5) is 2.33. The second-order valence-electron chi connectivity index (χ2n) is 5.81. The first-order valence-electron chi connectivity index (χ1n) is 7.92. The molecule has 0 aliphatic carbocycles. The van der Waals surface area contributed by atoms with E-state index in [0.29, 0.717) is 5.76 Å². The second-order valence-corrected chi connectivity index (χ2v) is 5.81. The molecule has 1 atom stereocenters. The highest BCUT2D eigenvalue weighted by Crippen LogP contribution is 2.18. The van der Waals surface area contributed by atoms with E-state index in [1.165, 1.54) is 5.56 Å². The van der Waals surface area contributed by atoms with Crippen LogP contribution in [0.2, 0.25) is 0 Å². The molecule has 1 saturated heterocycles. The van der Waals surface area contributed by atoms with Crippen molar-refractivity contribution < 1.29 is 19.0 Å². The van der Waals surface area contributed by atoms with E-state index >= 15 is 0 Å². The summed E-state index contributed by atoms with van der Waals surface area (Å²) in [5.74, 6) is 2.37. The molecular weight excluding hydrogens is 294 g/mol. The van der Waals surface area contributed by atoms with Crippen LogP contribution in [0.5, 0.6) is 5.75 Å². The number of hydrogen-bond donors (Lipinski definition) is 1. The van der Waals surface area contributed by atoms with Crippen molar-refractivity contribution >= 4 is 0 Å². The van der Waals surface area contributed by atoms with Crippen molar-refractivity contribution in [2.75, 3.05) is 26.8 Å². The summed E-state index contributed by atoms with van der Waals surface area (Å²) in [5, 5.41) is 9.07. The minimum absolute atomic E-state index is 0.0540. The zero-order valence-corrected chi connectivity index (χ0v) is 13.4. The minimum atomic E-state index is -0.0540. The Bertz CT molecular complexity index is 625. The Morgan fingerprint density at radius 2 is 2.13 bits per heavy atom.